The molecule has 1 aromatic heterocycles. The van der Waals surface area contributed by atoms with Crippen molar-refractivity contribution in [3.05, 3.63) is 51.7 Å². The van der Waals surface area contributed by atoms with E-state index in [1.54, 1.807) is 4.57 Å². The van der Waals surface area contributed by atoms with Gasteiger partial charge in [0.25, 0.3) is 0 Å². The first-order valence-electron chi connectivity index (χ1n) is 8.46. The maximum absolute atomic E-state index is 13.6. The van der Waals surface area contributed by atoms with Crippen molar-refractivity contribution < 1.29 is 8.78 Å². The molecule has 0 unspecified atom stereocenters. The van der Waals surface area contributed by atoms with Crippen LogP contribution in [-0.2, 0) is 5.54 Å². The fraction of sp³-hybridized carbons (Fsp3) is 0.500. The number of halogens is 2. The predicted molar refractivity (Wildman–Crippen MR) is 83.9 cm³/mol. The van der Waals surface area contributed by atoms with Crippen LogP contribution in [0.4, 0.5) is 8.78 Å². The Bertz CT molecular complexity index is 975. The van der Waals surface area contributed by atoms with Gasteiger partial charge in [0.2, 0.25) is 0 Å². The highest BCUT2D eigenvalue weighted by Gasteiger charge is 2.71. The van der Waals surface area contributed by atoms with Crippen LogP contribution in [0.5, 0.6) is 0 Å². The van der Waals surface area contributed by atoms with Crippen molar-refractivity contribution in [2.24, 2.45) is 5.41 Å². The third-order valence-corrected chi connectivity index (χ3v) is 6.12. The molecule has 4 aliphatic rings. The molecular formula is C18H16F2N4O. The normalized spacial score (nSPS) is 34.8. The van der Waals surface area contributed by atoms with Gasteiger partial charge in [-0.3, -0.25) is 4.57 Å². The summed E-state index contributed by atoms with van der Waals surface area (Å²) >= 11 is 0. The van der Waals surface area contributed by atoms with Gasteiger partial charge in [-0.2, -0.15) is 10.4 Å². The van der Waals surface area contributed by atoms with Crippen LogP contribution in [-0.4, -0.2) is 14.3 Å². The number of hydrogen-bond acceptors (Lipinski definition) is 3. The Balaban J connectivity index is 1.59. The molecule has 1 aliphatic heterocycles. The zero-order valence-electron chi connectivity index (χ0n) is 13.7. The molecule has 0 spiro atoms. The van der Waals surface area contributed by atoms with E-state index < -0.39 is 17.7 Å². The molecule has 2 atom stereocenters. The molecule has 2 bridgehead atoms. The largest absolute Gasteiger partial charge is 0.347 e. The quantitative estimate of drug-likeness (QED) is 0.843. The third kappa shape index (κ3) is 1.74. The fourth-order valence-corrected chi connectivity index (χ4v) is 5.01. The van der Waals surface area contributed by atoms with Crippen LogP contribution >= 0.6 is 0 Å². The van der Waals surface area contributed by atoms with Crippen molar-refractivity contribution in [1.29, 1.82) is 5.26 Å². The van der Waals surface area contributed by atoms with Crippen molar-refractivity contribution in [2.75, 3.05) is 0 Å². The molecule has 0 N–H and O–H groups in total. The molecule has 3 aliphatic carbocycles. The number of fused-ring (bicyclic) bond motifs is 1. The zero-order valence-corrected chi connectivity index (χ0v) is 13.7. The number of nitrogens with zero attached hydrogens (tertiary/aromatic N) is 4. The first-order valence-corrected chi connectivity index (χ1v) is 8.46. The molecule has 7 heteroatoms. The molecule has 3 saturated carbocycles. The Hall–Kier alpha value is -2.49. The lowest BCUT2D eigenvalue weighted by atomic mass is 9.40. The molecule has 5 nitrogen and oxygen atoms in total. The van der Waals surface area contributed by atoms with Crippen LogP contribution in [0.3, 0.4) is 0 Å². The van der Waals surface area contributed by atoms with E-state index in [1.807, 2.05) is 6.92 Å². The van der Waals surface area contributed by atoms with Crippen molar-refractivity contribution in [3.63, 3.8) is 0 Å². The topological polar surface area (TPSA) is 63.6 Å². The van der Waals surface area contributed by atoms with Gasteiger partial charge >= 0.3 is 5.69 Å². The van der Waals surface area contributed by atoms with Crippen molar-refractivity contribution >= 4 is 0 Å². The second-order valence-electron chi connectivity index (χ2n) is 7.92. The van der Waals surface area contributed by atoms with Crippen LogP contribution < -0.4 is 5.69 Å². The van der Waals surface area contributed by atoms with E-state index in [2.05, 4.69) is 11.2 Å². The van der Waals surface area contributed by atoms with Gasteiger partial charge in [0, 0.05) is 12.0 Å². The average molecular weight is 342 g/mol. The van der Waals surface area contributed by atoms with Gasteiger partial charge < -0.3 is 0 Å². The van der Waals surface area contributed by atoms with Gasteiger partial charge in [0.1, 0.15) is 17.5 Å². The number of hydrogen-bond donors (Lipinski definition) is 0. The van der Waals surface area contributed by atoms with Crippen LogP contribution in [0.1, 0.15) is 56.0 Å². The number of benzene rings is 1. The fourth-order valence-electron chi connectivity index (χ4n) is 5.01. The Morgan fingerprint density at radius 1 is 1.24 bits per heavy atom. The minimum absolute atomic E-state index is 0.0301. The molecule has 2 aromatic rings. The zero-order chi connectivity index (χ0) is 17.6. The standard InChI is InChI=1S/C18H16F2N4O/c1-10-2-14(11-3-12(19)5-13(20)4-11)23-15(10)22-24(16(23)25)18-6-17(7-18,8-18)9-21/h3-5,10,14H,2,6-8H2,1H3/t10-,14+,17?,18?/m1/s1. The first kappa shape index (κ1) is 14.8. The molecular weight excluding hydrogens is 326 g/mol. The smallest absolute Gasteiger partial charge is 0.271 e. The number of nitriles is 1. The van der Waals surface area contributed by atoms with Gasteiger partial charge in [0.05, 0.1) is 23.1 Å². The highest BCUT2D eigenvalue weighted by atomic mass is 19.1. The van der Waals surface area contributed by atoms with E-state index in [0.29, 0.717) is 37.1 Å². The Morgan fingerprint density at radius 3 is 2.48 bits per heavy atom. The van der Waals surface area contributed by atoms with Gasteiger partial charge in [0.15, 0.2) is 0 Å². The second-order valence-corrected chi connectivity index (χ2v) is 7.92. The van der Waals surface area contributed by atoms with Crippen molar-refractivity contribution in [2.45, 2.75) is 50.1 Å². The SMILES string of the molecule is C[C@@H]1C[C@@H](c2cc(F)cc(F)c2)n2c1nn(C13CC(C#N)(C1)C3)c2=O. The maximum atomic E-state index is 13.6. The molecule has 1 aromatic carbocycles. The molecule has 2 heterocycles. The van der Waals surface area contributed by atoms with Gasteiger partial charge in [-0.15, -0.1) is 0 Å². The van der Waals surface area contributed by atoms with Crippen LogP contribution in [0, 0.1) is 28.4 Å². The minimum Gasteiger partial charge on any atom is -0.271 e. The molecule has 128 valence electrons. The lowest BCUT2D eigenvalue weighted by Crippen LogP contribution is -2.69. The monoisotopic (exact) mass is 342 g/mol. The summed E-state index contributed by atoms with van der Waals surface area (Å²) in [6.45, 7) is 1.97. The first-order chi connectivity index (χ1) is 11.9. The minimum atomic E-state index is -0.646. The molecule has 0 radical (unpaired) electrons. The molecule has 25 heavy (non-hydrogen) atoms. The summed E-state index contributed by atoms with van der Waals surface area (Å²) in [7, 11) is 0. The van der Waals surface area contributed by atoms with E-state index in [-0.39, 0.29) is 22.6 Å². The van der Waals surface area contributed by atoms with E-state index in [0.717, 1.165) is 6.07 Å². The van der Waals surface area contributed by atoms with E-state index in [4.69, 9.17) is 0 Å². The highest BCUT2D eigenvalue weighted by molar-refractivity contribution is 5.30. The summed E-state index contributed by atoms with van der Waals surface area (Å²) in [6.07, 6.45) is 2.60. The molecule has 3 fully saturated rings. The predicted octanol–water partition coefficient (Wildman–Crippen LogP) is 2.82. The van der Waals surface area contributed by atoms with E-state index >= 15 is 0 Å². The Labute approximate surface area is 142 Å². The average Bonchev–Trinajstić information content (AvgIpc) is 2.96. The maximum Gasteiger partial charge on any atom is 0.347 e. The van der Waals surface area contributed by atoms with E-state index in [9.17, 15) is 18.8 Å². The summed E-state index contributed by atoms with van der Waals surface area (Å²) in [5.41, 5.74) is -0.387. The highest BCUT2D eigenvalue weighted by Crippen LogP contribution is 2.70. The summed E-state index contributed by atoms with van der Waals surface area (Å²) < 4.78 is 30.4. The Morgan fingerprint density at radius 2 is 1.88 bits per heavy atom. The van der Waals surface area contributed by atoms with Crippen molar-refractivity contribution in [1.82, 2.24) is 14.3 Å². The number of rotatable bonds is 2. The lowest BCUT2D eigenvalue weighted by Gasteiger charge is -2.65. The summed E-state index contributed by atoms with van der Waals surface area (Å²) in [4.78, 5) is 13.0. The van der Waals surface area contributed by atoms with Crippen LogP contribution in [0.25, 0.3) is 0 Å². The van der Waals surface area contributed by atoms with Gasteiger partial charge in [-0.05, 0) is 43.4 Å². The number of aromatic nitrogens is 3. The summed E-state index contributed by atoms with van der Waals surface area (Å²) in [6, 6.07) is 5.32. The van der Waals surface area contributed by atoms with Gasteiger partial charge in [-0.1, -0.05) is 6.92 Å². The van der Waals surface area contributed by atoms with Gasteiger partial charge in [-0.25, -0.2) is 18.3 Å². The third-order valence-electron chi connectivity index (χ3n) is 6.12. The molecule has 0 amide bonds. The van der Waals surface area contributed by atoms with E-state index in [1.165, 1.54) is 16.8 Å². The van der Waals surface area contributed by atoms with Crippen LogP contribution in [0.2, 0.25) is 0 Å². The summed E-state index contributed by atoms with van der Waals surface area (Å²) in [5, 5.41) is 13.7. The molecule has 0 saturated heterocycles. The van der Waals surface area contributed by atoms with Crippen LogP contribution in [0.15, 0.2) is 23.0 Å². The molecule has 6 rings (SSSR count). The Kier molecular flexibility index (Phi) is 2.59. The second kappa shape index (κ2) is 4.37. The summed E-state index contributed by atoms with van der Waals surface area (Å²) in [5.74, 6) is -0.600. The van der Waals surface area contributed by atoms with Crippen molar-refractivity contribution in [3.8, 4) is 6.07 Å². The lowest BCUT2D eigenvalue weighted by molar-refractivity contribution is -0.155.